The highest BCUT2D eigenvalue weighted by atomic mass is 15.0. The zero-order valence-electron chi connectivity index (χ0n) is 9.20. The molecule has 2 atom stereocenters. The van der Waals surface area contributed by atoms with Crippen LogP contribution in [0, 0.1) is 0 Å². The summed E-state index contributed by atoms with van der Waals surface area (Å²) >= 11 is 0. The maximum Gasteiger partial charge on any atom is 0.151 e. The van der Waals surface area contributed by atoms with E-state index in [1.165, 1.54) is 18.3 Å². The Morgan fingerprint density at radius 3 is 3.00 bits per heavy atom. The molecule has 0 aliphatic carbocycles. The van der Waals surface area contributed by atoms with E-state index >= 15 is 0 Å². The molecule has 5 heteroatoms. The van der Waals surface area contributed by atoms with Crippen molar-refractivity contribution in [3.63, 3.8) is 0 Å². The van der Waals surface area contributed by atoms with Crippen LogP contribution in [0.15, 0.2) is 12.5 Å². The van der Waals surface area contributed by atoms with Gasteiger partial charge in [0.05, 0.1) is 5.52 Å². The van der Waals surface area contributed by atoms with Gasteiger partial charge in [-0.15, -0.1) is 0 Å². The number of hydrogen-bond donors (Lipinski definition) is 3. The van der Waals surface area contributed by atoms with E-state index in [2.05, 4.69) is 27.2 Å². The van der Waals surface area contributed by atoms with Crippen molar-refractivity contribution in [1.29, 1.82) is 0 Å². The largest absolute Gasteiger partial charge is 0.382 e. The van der Waals surface area contributed by atoms with Crippen molar-refractivity contribution in [1.82, 2.24) is 20.3 Å². The van der Waals surface area contributed by atoms with E-state index in [1.807, 2.05) is 6.20 Å². The molecule has 0 spiro atoms. The molecule has 0 bridgehead atoms. The van der Waals surface area contributed by atoms with Gasteiger partial charge >= 0.3 is 0 Å². The molecule has 1 aliphatic heterocycles. The van der Waals surface area contributed by atoms with Crippen LogP contribution in [0.25, 0.3) is 11.0 Å². The Balaban J connectivity index is 2.08. The number of aromatic nitrogens is 3. The smallest absolute Gasteiger partial charge is 0.151 e. The first-order valence-electron chi connectivity index (χ1n) is 5.59. The van der Waals surface area contributed by atoms with Gasteiger partial charge in [0.1, 0.15) is 11.8 Å². The van der Waals surface area contributed by atoms with E-state index in [9.17, 15) is 0 Å². The monoisotopic (exact) mass is 217 g/mol. The van der Waals surface area contributed by atoms with Crippen molar-refractivity contribution >= 4 is 16.9 Å². The molecule has 3 rings (SSSR count). The summed E-state index contributed by atoms with van der Waals surface area (Å²) < 4.78 is 0. The summed E-state index contributed by atoms with van der Waals surface area (Å²) in [6.45, 7) is 2.21. The third kappa shape index (κ3) is 1.36. The number of H-pyrrole nitrogens is 1. The van der Waals surface area contributed by atoms with Gasteiger partial charge in [0.15, 0.2) is 5.82 Å². The van der Waals surface area contributed by atoms with E-state index in [-0.39, 0.29) is 0 Å². The minimum absolute atomic E-state index is 0.387. The fourth-order valence-corrected chi connectivity index (χ4v) is 2.42. The molecule has 1 fully saturated rings. The first kappa shape index (κ1) is 9.59. The number of nitrogen functional groups attached to an aromatic ring is 1. The van der Waals surface area contributed by atoms with E-state index in [0.29, 0.717) is 17.9 Å². The minimum Gasteiger partial charge on any atom is -0.382 e. The van der Waals surface area contributed by atoms with Gasteiger partial charge in [-0.2, -0.15) is 0 Å². The molecule has 0 radical (unpaired) electrons. The van der Waals surface area contributed by atoms with Crippen molar-refractivity contribution in [2.45, 2.75) is 31.8 Å². The van der Waals surface area contributed by atoms with Crippen LogP contribution in [0.1, 0.15) is 31.4 Å². The summed E-state index contributed by atoms with van der Waals surface area (Å²) in [5.74, 6) is 0.516. The number of nitrogens with zero attached hydrogens (tertiary/aromatic N) is 2. The summed E-state index contributed by atoms with van der Waals surface area (Å²) in [7, 11) is 0. The third-order valence-electron chi connectivity index (χ3n) is 3.27. The summed E-state index contributed by atoms with van der Waals surface area (Å²) in [5.41, 5.74) is 8.78. The highest BCUT2D eigenvalue weighted by molar-refractivity contribution is 5.87. The van der Waals surface area contributed by atoms with Crippen molar-refractivity contribution in [2.75, 3.05) is 5.73 Å². The fourth-order valence-electron chi connectivity index (χ4n) is 2.42. The normalized spacial score (nSPS) is 25.3. The van der Waals surface area contributed by atoms with Crippen LogP contribution in [-0.2, 0) is 0 Å². The summed E-state index contributed by atoms with van der Waals surface area (Å²) in [6, 6.07) is 0.965. The maximum atomic E-state index is 5.79. The van der Waals surface area contributed by atoms with E-state index < -0.39 is 0 Å². The number of nitrogens with two attached hydrogens (primary N) is 1. The van der Waals surface area contributed by atoms with Gasteiger partial charge in [-0.3, -0.25) is 0 Å². The summed E-state index contributed by atoms with van der Waals surface area (Å²) in [4.78, 5) is 11.4. The number of nitrogens with one attached hydrogen (secondary N) is 2. The number of hydrogen-bond acceptors (Lipinski definition) is 4. The van der Waals surface area contributed by atoms with Crippen LogP contribution in [0.4, 0.5) is 5.82 Å². The number of rotatable bonds is 1. The maximum absolute atomic E-state index is 5.79. The molecule has 2 aromatic rings. The standard InChI is InChI=1S/C11H15N5/c1-6-2-3-8(16-6)7-4-13-10-9(7)14-5-15-11(10)12/h4-6,8,13,16H,2-3H2,1H3,(H2,12,14,15). The van der Waals surface area contributed by atoms with Crippen LogP contribution in [0.5, 0.6) is 0 Å². The lowest BCUT2D eigenvalue weighted by Crippen LogP contribution is -2.20. The second kappa shape index (κ2) is 3.45. The van der Waals surface area contributed by atoms with Gasteiger partial charge in [-0.1, -0.05) is 0 Å². The Morgan fingerprint density at radius 2 is 2.25 bits per heavy atom. The molecule has 5 nitrogen and oxygen atoms in total. The van der Waals surface area contributed by atoms with Crippen LogP contribution in [-0.4, -0.2) is 21.0 Å². The molecule has 4 N–H and O–H groups in total. The van der Waals surface area contributed by atoms with Crippen molar-refractivity contribution in [3.8, 4) is 0 Å². The molecule has 1 aliphatic rings. The Kier molecular flexibility index (Phi) is 2.07. The van der Waals surface area contributed by atoms with Crippen LogP contribution < -0.4 is 11.1 Å². The van der Waals surface area contributed by atoms with Gasteiger partial charge in [0.25, 0.3) is 0 Å². The minimum atomic E-state index is 0.387. The lowest BCUT2D eigenvalue weighted by Gasteiger charge is -2.09. The molecular weight excluding hydrogens is 202 g/mol. The van der Waals surface area contributed by atoms with Gasteiger partial charge < -0.3 is 16.0 Å². The molecule has 0 aromatic carbocycles. The van der Waals surface area contributed by atoms with E-state index in [0.717, 1.165) is 17.5 Å². The number of fused-ring (bicyclic) bond motifs is 1. The molecule has 1 saturated heterocycles. The summed E-state index contributed by atoms with van der Waals surface area (Å²) in [5, 5.41) is 3.55. The van der Waals surface area contributed by atoms with Gasteiger partial charge in [0.2, 0.25) is 0 Å². The predicted octanol–water partition coefficient (Wildman–Crippen LogP) is 1.35. The second-order valence-electron chi connectivity index (χ2n) is 4.42. The second-order valence-corrected chi connectivity index (χ2v) is 4.42. The Hall–Kier alpha value is -1.62. The average Bonchev–Trinajstić information content (AvgIpc) is 2.84. The van der Waals surface area contributed by atoms with Crippen molar-refractivity contribution < 1.29 is 0 Å². The molecule has 0 amide bonds. The topological polar surface area (TPSA) is 79.6 Å². The molecule has 2 unspecified atom stereocenters. The third-order valence-corrected chi connectivity index (χ3v) is 3.27. The highest BCUT2D eigenvalue weighted by Crippen LogP contribution is 2.31. The van der Waals surface area contributed by atoms with Gasteiger partial charge in [0, 0.05) is 23.8 Å². The van der Waals surface area contributed by atoms with Crippen LogP contribution in [0.3, 0.4) is 0 Å². The molecule has 16 heavy (non-hydrogen) atoms. The van der Waals surface area contributed by atoms with E-state index in [1.54, 1.807) is 0 Å². The quantitative estimate of drug-likeness (QED) is 0.673. The van der Waals surface area contributed by atoms with Crippen LogP contribution >= 0.6 is 0 Å². The van der Waals surface area contributed by atoms with Gasteiger partial charge in [-0.05, 0) is 19.8 Å². The molecular formula is C11H15N5. The first-order chi connectivity index (χ1) is 7.75. The number of anilines is 1. The van der Waals surface area contributed by atoms with Gasteiger partial charge in [-0.25, -0.2) is 9.97 Å². The van der Waals surface area contributed by atoms with Crippen molar-refractivity contribution in [3.05, 3.63) is 18.1 Å². The first-order valence-corrected chi connectivity index (χ1v) is 5.59. The van der Waals surface area contributed by atoms with Crippen molar-refractivity contribution in [2.24, 2.45) is 0 Å². The fraction of sp³-hybridized carbons (Fsp3) is 0.455. The zero-order valence-corrected chi connectivity index (χ0v) is 9.20. The Bertz CT molecular complexity index is 518. The average molecular weight is 217 g/mol. The zero-order chi connectivity index (χ0) is 11.1. The molecule has 84 valence electrons. The summed E-state index contributed by atoms with van der Waals surface area (Å²) in [6.07, 6.45) is 5.87. The Labute approximate surface area is 93.5 Å². The predicted molar refractivity (Wildman–Crippen MR) is 62.9 cm³/mol. The molecule has 2 aromatic heterocycles. The molecule has 0 saturated carbocycles. The van der Waals surface area contributed by atoms with Crippen LogP contribution in [0.2, 0.25) is 0 Å². The molecule has 3 heterocycles. The lowest BCUT2D eigenvalue weighted by molar-refractivity contribution is 0.587. The SMILES string of the molecule is CC1CCC(c2c[nH]c3c(N)ncnc23)N1. The Morgan fingerprint density at radius 1 is 1.38 bits per heavy atom. The highest BCUT2D eigenvalue weighted by Gasteiger charge is 2.24. The lowest BCUT2D eigenvalue weighted by atomic mass is 10.1. The number of aromatic amines is 1. The van der Waals surface area contributed by atoms with E-state index in [4.69, 9.17) is 5.73 Å².